The van der Waals surface area contributed by atoms with Gasteiger partial charge in [-0.05, 0) is 13.8 Å². The topological polar surface area (TPSA) is 65.5 Å². The molecule has 0 aliphatic rings. The molecule has 0 aromatic carbocycles. The lowest BCUT2D eigenvalue weighted by atomic mass is 10.5. The summed E-state index contributed by atoms with van der Waals surface area (Å²) in [5, 5.41) is 3.14. The molecule has 1 aromatic heterocycles. The van der Waals surface area contributed by atoms with Gasteiger partial charge < -0.3 is 19.5 Å². The molecular weight excluding hydrogens is 234 g/mol. The first-order chi connectivity index (χ1) is 8.80. The second-order valence-corrected chi connectivity index (χ2v) is 3.52. The Morgan fingerprint density at radius 1 is 1.22 bits per heavy atom. The first-order valence-electron chi connectivity index (χ1n) is 6.11. The van der Waals surface area contributed by atoms with Gasteiger partial charge in [-0.3, -0.25) is 0 Å². The molecule has 0 atom stereocenters. The third-order valence-corrected chi connectivity index (χ3v) is 2.08. The molecule has 0 saturated carbocycles. The molecule has 1 N–H and O–H groups in total. The maximum Gasteiger partial charge on any atom is 0.218 e. The summed E-state index contributed by atoms with van der Waals surface area (Å²) in [6.45, 7) is 6.75. The van der Waals surface area contributed by atoms with Gasteiger partial charge in [-0.1, -0.05) is 0 Å². The Morgan fingerprint density at radius 3 is 2.72 bits per heavy atom. The van der Waals surface area contributed by atoms with Gasteiger partial charge in [0.15, 0.2) is 5.82 Å². The zero-order valence-corrected chi connectivity index (χ0v) is 11.2. The summed E-state index contributed by atoms with van der Waals surface area (Å²) in [6.07, 6.45) is 0. The number of anilines is 1. The summed E-state index contributed by atoms with van der Waals surface area (Å²) in [6, 6.07) is 1.77. The number of nitrogens with one attached hydrogen (secondary N) is 1. The molecule has 0 unspecified atom stereocenters. The van der Waals surface area contributed by atoms with E-state index >= 15 is 0 Å². The second-order valence-electron chi connectivity index (χ2n) is 3.52. The van der Waals surface area contributed by atoms with Crippen molar-refractivity contribution < 1.29 is 14.2 Å². The largest absolute Gasteiger partial charge is 0.475 e. The molecule has 0 saturated heterocycles. The molecule has 0 spiro atoms. The number of aromatic nitrogens is 2. The Hall–Kier alpha value is -1.40. The average Bonchev–Trinajstić information content (AvgIpc) is 2.37. The molecule has 0 aliphatic heterocycles. The Labute approximate surface area is 108 Å². The van der Waals surface area contributed by atoms with Gasteiger partial charge in [-0.25, -0.2) is 4.98 Å². The van der Waals surface area contributed by atoms with E-state index in [1.54, 1.807) is 13.2 Å². The van der Waals surface area contributed by atoms with Crippen LogP contribution in [0.5, 0.6) is 5.88 Å². The van der Waals surface area contributed by atoms with Crippen molar-refractivity contribution in [3.8, 4) is 5.88 Å². The van der Waals surface area contributed by atoms with Crippen molar-refractivity contribution in [3.05, 3.63) is 11.9 Å². The van der Waals surface area contributed by atoms with Crippen LogP contribution in [0.4, 0.5) is 5.82 Å². The van der Waals surface area contributed by atoms with Crippen LogP contribution >= 0.6 is 0 Å². The molecule has 6 heteroatoms. The molecular formula is C12H21N3O3. The first kappa shape index (κ1) is 14.7. The Kier molecular flexibility index (Phi) is 7.05. The molecule has 0 aliphatic carbocycles. The molecule has 0 radical (unpaired) electrons. The highest BCUT2D eigenvalue weighted by atomic mass is 16.5. The summed E-state index contributed by atoms with van der Waals surface area (Å²) in [5.74, 6) is 1.89. The minimum absolute atomic E-state index is 0.385. The van der Waals surface area contributed by atoms with Gasteiger partial charge in [0.05, 0.1) is 6.61 Å². The van der Waals surface area contributed by atoms with E-state index in [1.807, 2.05) is 13.8 Å². The maximum atomic E-state index is 5.48. The van der Waals surface area contributed by atoms with Gasteiger partial charge >= 0.3 is 0 Å². The fourth-order valence-electron chi connectivity index (χ4n) is 1.31. The Morgan fingerprint density at radius 2 is 2.06 bits per heavy atom. The van der Waals surface area contributed by atoms with E-state index in [2.05, 4.69) is 15.3 Å². The van der Waals surface area contributed by atoms with Gasteiger partial charge in [0.25, 0.3) is 0 Å². The fraction of sp³-hybridized carbons (Fsp3) is 0.667. The number of rotatable bonds is 9. The predicted molar refractivity (Wildman–Crippen MR) is 68.9 cm³/mol. The zero-order valence-electron chi connectivity index (χ0n) is 11.2. The molecule has 0 bridgehead atoms. The Bertz CT molecular complexity index is 347. The van der Waals surface area contributed by atoms with Crippen molar-refractivity contribution in [2.24, 2.45) is 0 Å². The van der Waals surface area contributed by atoms with Crippen molar-refractivity contribution in [2.45, 2.75) is 20.5 Å². The minimum Gasteiger partial charge on any atom is -0.475 e. The zero-order chi connectivity index (χ0) is 13.2. The lowest BCUT2D eigenvalue weighted by molar-refractivity contribution is 0.125. The van der Waals surface area contributed by atoms with Gasteiger partial charge in [0.2, 0.25) is 5.88 Å². The molecule has 0 amide bonds. The first-order valence-corrected chi connectivity index (χ1v) is 6.11. The van der Waals surface area contributed by atoms with Gasteiger partial charge in [0.1, 0.15) is 19.0 Å². The number of ether oxygens (including phenoxy) is 3. The van der Waals surface area contributed by atoms with Gasteiger partial charge in [0, 0.05) is 26.3 Å². The molecule has 1 rings (SSSR count). The lowest BCUT2D eigenvalue weighted by Gasteiger charge is -2.09. The second kappa shape index (κ2) is 8.66. The predicted octanol–water partition coefficient (Wildman–Crippen LogP) is 1.47. The molecule has 102 valence electrons. The van der Waals surface area contributed by atoms with Crippen molar-refractivity contribution in [1.29, 1.82) is 0 Å². The normalized spacial score (nSPS) is 10.4. The van der Waals surface area contributed by atoms with Crippen molar-refractivity contribution in [1.82, 2.24) is 9.97 Å². The van der Waals surface area contributed by atoms with Crippen LogP contribution < -0.4 is 10.1 Å². The van der Waals surface area contributed by atoms with Crippen molar-refractivity contribution in [2.75, 3.05) is 38.8 Å². The smallest absolute Gasteiger partial charge is 0.218 e. The highest BCUT2D eigenvalue weighted by Gasteiger charge is 2.05. The SMILES string of the molecule is CCNc1cc(OCCOC)nc(COCC)n1. The quantitative estimate of drug-likeness (QED) is 0.674. The average molecular weight is 255 g/mol. The van der Waals surface area contributed by atoms with E-state index in [4.69, 9.17) is 14.2 Å². The van der Waals surface area contributed by atoms with Crippen LogP contribution in [-0.2, 0) is 16.1 Å². The van der Waals surface area contributed by atoms with Crippen molar-refractivity contribution in [3.63, 3.8) is 0 Å². The molecule has 0 fully saturated rings. The van der Waals surface area contributed by atoms with E-state index in [-0.39, 0.29) is 0 Å². The van der Waals surface area contributed by atoms with Gasteiger partial charge in [-0.2, -0.15) is 4.98 Å². The van der Waals surface area contributed by atoms with Crippen LogP contribution in [-0.4, -0.2) is 43.4 Å². The van der Waals surface area contributed by atoms with E-state index in [0.717, 1.165) is 12.4 Å². The van der Waals surface area contributed by atoms with E-state index in [9.17, 15) is 0 Å². The Balaban J connectivity index is 2.70. The number of hydrogen-bond acceptors (Lipinski definition) is 6. The summed E-state index contributed by atoms with van der Waals surface area (Å²) < 4.78 is 15.7. The minimum atomic E-state index is 0.385. The van der Waals surface area contributed by atoms with Crippen LogP contribution in [0.2, 0.25) is 0 Å². The van der Waals surface area contributed by atoms with Crippen LogP contribution in [0.15, 0.2) is 6.07 Å². The van der Waals surface area contributed by atoms with E-state index < -0.39 is 0 Å². The van der Waals surface area contributed by atoms with Crippen LogP contribution in [0.25, 0.3) is 0 Å². The number of methoxy groups -OCH3 is 1. The van der Waals surface area contributed by atoms with Crippen LogP contribution in [0, 0.1) is 0 Å². The monoisotopic (exact) mass is 255 g/mol. The summed E-state index contributed by atoms with van der Waals surface area (Å²) in [7, 11) is 1.63. The fourth-order valence-corrected chi connectivity index (χ4v) is 1.31. The number of nitrogens with zero attached hydrogens (tertiary/aromatic N) is 2. The van der Waals surface area contributed by atoms with E-state index in [1.165, 1.54) is 0 Å². The van der Waals surface area contributed by atoms with Crippen LogP contribution in [0.3, 0.4) is 0 Å². The van der Waals surface area contributed by atoms with Gasteiger partial charge in [-0.15, -0.1) is 0 Å². The molecule has 6 nitrogen and oxygen atoms in total. The summed E-state index contributed by atoms with van der Waals surface area (Å²) in [5.41, 5.74) is 0. The number of hydrogen-bond donors (Lipinski definition) is 1. The van der Waals surface area contributed by atoms with Crippen molar-refractivity contribution >= 4 is 5.82 Å². The summed E-state index contributed by atoms with van der Waals surface area (Å²) in [4.78, 5) is 8.60. The lowest BCUT2D eigenvalue weighted by Crippen LogP contribution is -2.10. The summed E-state index contributed by atoms with van der Waals surface area (Å²) >= 11 is 0. The highest BCUT2D eigenvalue weighted by Crippen LogP contribution is 2.14. The highest BCUT2D eigenvalue weighted by molar-refractivity contribution is 5.38. The molecule has 1 heterocycles. The third-order valence-electron chi connectivity index (χ3n) is 2.08. The van der Waals surface area contributed by atoms with Crippen LogP contribution in [0.1, 0.15) is 19.7 Å². The maximum absolute atomic E-state index is 5.48. The molecule has 1 aromatic rings. The standard InChI is InChI=1S/C12H21N3O3/c1-4-13-10-8-12(18-7-6-16-3)15-11(14-10)9-17-5-2/h8H,4-7,9H2,1-3H3,(H,13,14,15). The molecule has 18 heavy (non-hydrogen) atoms. The third kappa shape index (κ3) is 5.29. The van der Waals surface area contributed by atoms with E-state index in [0.29, 0.717) is 38.1 Å².